The number of nitrogens with two attached hydrogens (primary N) is 1. The average molecular weight is 222 g/mol. The maximum absolute atomic E-state index is 11.3. The summed E-state index contributed by atoms with van der Waals surface area (Å²) in [6.45, 7) is 5.12. The summed E-state index contributed by atoms with van der Waals surface area (Å²) in [6.07, 6.45) is 0.207. The number of hydrogen-bond acceptors (Lipinski definition) is 3. The number of hydrogen-bond donors (Lipinski definition) is 4. The zero-order chi connectivity index (χ0) is 11.4. The second-order valence-corrected chi connectivity index (χ2v) is 5.00. The highest BCUT2D eigenvalue weighted by atomic mass is 32.2. The maximum atomic E-state index is 11.3. The third kappa shape index (κ3) is 6.81. The second kappa shape index (κ2) is 5.28. The Morgan fingerprint density at radius 3 is 2.21 bits per heavy atom. The quantitative estimate of drug-likeness (QED) is 0.360. The molecule has 0 fully saturated rings. The van der Waals surface area contributed by atoms with Crippen molar-refractivity contribution in [2.24, 2.45) is 5.73 Å². The molecule has 6 nitrogen and oxygen atoms in total. The Balaban J connectivity index is 4.16. The molecule has 0 aliphatic heterocycles. The van der Waals surface area contributed by atoms with Gasteiger partial charge in [-0.3, -0.25) is 5.41 Å². The molecule has 0 aliphatic rings. The third-order valence-corrected chi connectivity index (χ3v) is 2.77. The molecule has 1 unspecified atom stereocenters. The van der Waals surface area contributed by atoms with Crippen molar-refractivity contribution in [1.29, 1.82) is 5.41 Å². The fraction of sp³-hybridized carbons (Fsp3) is 0.857. The van der Waals surface area contributed by atoms with Gasteiger partial charge in [0.05, 0.1) is 5.84 Å². The molecule has 14 heavy (non-hydrogen) atoms. The summed E-state index contributed by atoms with van der Waals surface area (Å²) < 4.78 is 27.3. The third-order valence-electron chi connectivity index (χ3n) is 1.27. The molecule has 7 heteroatoms. The highest BCUT2D eigenvalue weighted by Crippen LogP contribution is 1.93. The van der Waals surface area contributed by atoms with Crippen LogP contribution in [0.3, 0.4) is 0 Å². The average Bonchev–Trinajstić information content (AvgIpc) is 1.77. The van der Waals surface area contributed by atoms with Crippen LogP contribution in [0.15, 0.2) is 0 Å². The molecule has 0 aromatic carbocycles. The number of nitrogens with one attached hydrogen (secondary N) is 3. The molecule has 0 aliphatic carbocycles. The summed E-state index contributed by atoms with van der Waals surface area (Å²) in [5, 5.41) is 7.00. The van der Waals surface area contributed by atoms with Crippen molar-refractivity contribution in [1.82, 2.24) is 9.44 Å². The highest BCUT2D eigenvalue weighted by Gasteiger charge is 2.15. The SMILES string of the molecule is CC(C)NS(=O)(=O)NC(C)CC(=N)N. The molecule has 0 aromatic rings. The minimum absolute atomic E-state index is 0.0373. The van der Waals surface area contributed by atoms with Gasteiger partial charge in [0, 0.05) is 18.5 Å². The Kier molecular flexibility index (Phi) is 5.03. The van der Waals surface area contributed by atoms with E-state index in [9.17, 15) is 8.42 Å². The van der Waals surface area contributed by atoms with Gasteiger partial charge >= 0.3 is 0 Å². The zero-order valence-corrected chi connectivity index (χ0v) is 9.48. The van der Waals surface area contributed by atoms with Crippen LogP contribution in [-0.4, -0.2) is 26.3 Å². The zero-order valence-electron chi connectivity index (χ0n) is 8.66. The van der Waals surface area contributed by atoms with E-state index >= 15 is 0 Å². The van der Waals surface area contributed by atoms with Gasteiger partial charge in [-0.05, 0) is 20.8 Å². The Bertz CT molecular complexity index is 286. The molecule has 0 spiro atoms. The van der Waals surface area contributed by atoms with Gasteiger partial charge in [-0.1, -0.05) is 0 Å². The van der Waals surface area contributed by atoms with Gasteiger partial charge in [-0.25, -0.2) is 0 Å². The van der Waals surface area contributed by atoms with Crippen LogP contribution < -0.4 is 15.2 Å². The summed E-state index contributed by atoms with van der Waals surface area (Å²) in [5.41, 5.74) is 5.14. The first-order chi connectivity index (χ1) is 6.23. The molecule has 1 atom stereocenters. The topological polar surface area (TPSA) is 108 Å². The van der Waals surface area contributed by atoms with Gasteiger partial charge in [-0.15, -0.1) is 0 Å². The van der Waals surface area contributed by atoms with Crippen LogP contribution >= 0.6 is 0 Å². The first-order valence-electron chi connectivity index (χ1n) is 4.35. The van der Waals surface area contributed by atoms with E-state index in [4.69, 9.17) is 11.1 Å². The Labute approximate surface area is 85.0 Å². The molecule has 0 amide bonds. The molecule has 0 saturated carbocycles. The molecule has 0 radical (unpaired) electrons. The molecular weight excluding hydrogens is 204 g/mol. The lowest BCUT2D eigenvalue weighted by Gasteiger charge is -2.15. The maximum Gasteiger partial charge on any atom is 0.277 e. The van der Waals surface area contributed by atoms with Crippen LogP contribution in [0.1, 0.15) is 27.2 Å². The van der Waals surface area contributed by atoms with Crippen LogP contribution in [0.5, 0.6) is 0 Å². The van der Waals surface area contributed by atoms with E-state index in [1.165, 1.54) is 0 Å². The van der Waals surface area contributed by atoms with Crippen molar-refractivity contribution in [2.45, 2.75) is 39.3 Å². The molecule has 0 bridgehead atoms. The minimum Gasteiger partial charge on any atom is -0.388 e. The molecule has 0 heterocycles. The van der Waals surface area contributed by atoms with Gasteiger partial charge in [0.1, 0.15) is 0 Å². The van der Waals surface area contributed by atoms with E-state index in [-0.39, 0.29) is 24.3 Å². The predicted molar refractivity (Wildman–Crippen MR) is 56.3 cm³/mol. The first kappa shape index (κ1) is 13.3. The monoisotopic (exact) mass is 222 g/mol. The molecule has 0 saturated heterocycles. The van der Waals surface area contributed by atoms with Crippen LogP contribution in [0.4, 0.5) is 0 Å². The van der Waals surface area contributed by atoms with Crippen LogP contribution in [0.25, 0.3) is 0 Å². The Morgan fingerprint density at radius 2 is 1.86 bits per heavy atom. The standard InChI is InChI=1S/C7H18N4O2S/c1-5(2)10-14(12,13)11-6(3)4-7(8)9/h5-6,10-11H,4H2,1-3H3,(H3,8,9). The minimum atomic E-state index is -3.48. The second-order valence-electron chi connectivity index (χ2n) is 3.52. The lowest BCUT2D eigenvalue weighted by atomic mass is 10.2. The smallest absolute Gasteiger partial charge is 0.277 e. The van der Waals surface area contributed by atoms with E-state index in [1.54, 1.807) is 20.8 Å². The largest absolute Gasteiger partial charge is 0.388 e. The Morgan fingerprint density at radius 1 is 1.36 bits per heavy atom. The summed E-state index contributed by atoms with van der Waals surface area (Å²) in [7, 11) is -3.48. The van der Waals surface area contributed by atoms with Gasteiger partial charge in [0.25, 0.3) is 10.2 Å². The van der Waals surface area contributed by atoms with Crippen LogP contribution in [0, 0.1) is 5.41 Å². The number of rotatable bonds is 6. The van der Waals surface area contributed by atoms with Gasteiger partial charge in [0.2, 0.25) is 0 Å². The van der Waals surface area contributed by atoms with Gasteiger partial charge in [0.15, 0.2) is 0 Å². The van der Waals surface area contributed by atoms with Crippen molar-refractivity contribution in [2.75, 3.05) is 0 Å². The summed E-state index contributed by atoms with van der Waals surface area (Å²) >= 11 is 0. The fourth-order valence-corrected chi connectivity index (χ4v) is 2.28. The summed E-state index contributed by atoms with van der Waals surface area (Å²) in [4.78, 5) is 0. The molecular formula is C7H18N4O2S. The van der Waals surface area contributed by atoms with Crippen molar-refractivity contribution >= 4 is 16.0 Å². The molecule has 0 aromatic heterocycles. The lowest BCUT2D eigenvalue weighted by molar-refractivity contribution is 0.540. The number of amidine groups is 1. The van der Waals surface area contributed by atoms with Gasteiger partial charge < -0.3 is 5.73 Å². The van der Waals surface area contributed by atoms with Crippen LogP contribution in [-0.2, 0) is 10.2 Å². The van der Waals surface area contributed by atoms with Crippen molar-refractivity contribution < 1.29 is 8.42 Å². The van der Waals surface area contributed by atoms with E-state index in [1.807, 2.05) is 0 Å². The lowest BCUT2D eigenvalue weighted by Crippen LogP contribution is -2.45. The summed E-state index contributed by atoms with van der Waals surface area (Å²) in [5.74, 6) is -0.0373. The molecule has 0 rings (SSSR count). The Hall–Kier alpha value is -0.660. The van der Waals surface area contributed by atoms with Crippen molar-refractivity contribution in [3.63, 3.8) is 0 Å². The van der Waals surface area contributed by atoms with E-state index in [0.717, 1.165) is 0 Å². The van der Waals surface area contributed by atoms with E-state index in [2.05, 4.69) is 9.44 Å². The van der Waals surface area contributed by atoms with Crippen LogP contribution in [0.2, 0.25) is 0 Å². The molecule has 5 N–H and O–H groups in total. The summed E-state index contributed by atoms with van der Waals surface area (Å²) in [6, 6.07) is -0.527. The van der Waals surface area contributed by atoms with Crippen molar-refractivity contribution in [3.8, 4) is 0 Å². The van der Waals surface area contributed by atoms with Gasteiger partial charge in [-0.2, -0.15) is 17.9 Å². The van der Waals surface area contributed by atoms with Crippen molar-refractivity contribution in [3.05, 3.63) is 0 Å². The fourth-order valence-electron chi connectivity index (χ4n) is 0.981. The van der Waals surface area contributed by atoms with E-state index < -0.39 is 10.2 Å². The molecule has 84 valence electrons. The normalized spacial score (nSPS) is 14.3. The highest BCUT2D eigenvalue weighted by molar-refractivity contribution is 7.87. The van der Waals surface area contributed by atoms with E-state index in [0.29, 0.717) is 0 Å². The predicted octanol–water partition coefficient (Wildman–Crippen LogP) is -0.467. The first-order valence-corrected chi connectivity index (χ1v) is 5.83.